The molecule has 0 bridgehead atoms. The number of ether oxygens (including phenoxy) is 1. The smallest absolute Gasteiger partial charge is 0.244 e. The summed E-state index contributed by atoms with van der Waals surface area (Å²) in [4.78, 5) is 16.9. The third-order valence-corrected chi connectivity index (χ3v) is 4.75. The van der Waals surface area contributed by atoms with Crippen LogP contribution in [0.15, 0.2) is 60.9 Å². The number of aryl methyl sites for hydroxylation is 1. The molecule has 6 heteroatoms. The summed E-state index contributed by atoms with van der Waals surface area (Å²) >= 11 is 0. The molecule has 4 rings (SSSR count). The van der Waals surface area contributed by atoms with E-state index >= 15 is 0 Å². The Morgan fingerprint density at radius 3 is 2.86 bits per heavy atom. The first-order valence-corrected chi connectivity index (χ1v) is 9.07. The molecule has 3 aromatic rings. The Balaban J connectivity index is 1.54. The minimum Gasteiger partial charge on any atom is -0.493 e. The van der Waals surface area contributed by atoms with Crippen LogP contribution >= 0.6 is 0 Å². The Morgan fingerprint density at radius 1 is 1.29 bits per heavy atom. The molecule has 0 fully saturated rings. The molecule has 1 N–H and O–H groups in total. The molecule has 1 unspecified atom stereocenters. The third-order valence-electron chi connectivity index (χ3n) is 4.75. The second-order valence-electron chi connectivity index (χ2n) is 6.69. The molecule has 28 heavy (non-hydrogen) atoms. The van der Waals surface area contributed by atoms with Crippen LogP contribution in [-0.2, 0) is 18.3 Å². The topological polar surface area (TPSA) is 56.2 Å². The predicted octanol–water partition coefficient (Wildman–Crippen LogP) is 3.41. The molecular weight excluding hydrogens is 357 g/mol. The Bertz CT molecular complexity index is 1020. The Kier molecular flexibility index (Phi) is 4.93. The van der Waals surface area contributed by atoms with Crippen molar-refractivity contribution in [2.45, 2.75) is 12.5 Å². The Morgan fingerprint density at radius 2 is 2.11 bits per heavy atom. The fraction of sp³-hybridized carbons (Fsp3) is 0.182. The zero-order valence-electron chi connectivity index (χ0n) is 15.4. The van der Waals surface area contributed by atoms with Crippen molar-refractivity contribution in [3.63, 3.8) is 0 Å². The summed E-state index contributed by atoms with van der Waals surface area (Å²) in [6, 6.07) is 11.4. The van der Waals surface area contributed by atoms with Crippen molar-refractivity contribution in [2.75, 3.05) is 6.61 Å². The van der Waals surface area contributed by atoms with Crippen LogP contribution in [0, 0.1) is 5.82 Å². The summed E-state index contributed by atoms with van der Waals surface area (Å²) in [5.41, 5.74) is 2.85. The first-order chi connectivity index (χ1) is 13.6. The molecule has 1 atom stereocenters. The van der Waals surface area contributed by atoms with Crippen molar-refractivity contribution in [3.8, 4) is 5.75 Å². The normalized spacial score (nSPS) is 13.9. The molecule has 1 amide bonds. The van der Waals surface area contributed by atoms with E-state index in [0.717, 1.165) is 28.9 Å². The van der Waals surface area contributed by atoms with Crippen molar-refractivity contribution < 1.29 is 13.9 Å². The number of rotatable bonds is 5. The molecule has 0 aliphatic carbocycles. The van der Waals surface area contributed by atoms with E-state index in [-0.39, 0.29) is 11.7 Å². The Hall–Kier alpha value is -3.41. The van der Waals surface area contributed by atoms with Crippen molar-refractivity contribution >= 4 is 12.0 Å². The lowest BCUT2D eigenvalue weighted by Gasteiger charge is -2.18. The van der Waals surface area contributed by atoms with Crippen LogP contribution < -0.4 is 10.1 Å². The summed E-state index contributed by atoms with van der Waals surface area (Å²) in [7, 11) is 1.85. The van der Waals surface area contributed by atoms with Crippen molar-refractivity contribution in [1.82, 2.24) is 14.9 Å². The average Bonchev–Trinajstić information content (AvgIpc) is 3.33. The molecule has 1 aliphatic rings. The zero-order valence-corrected chi connectivity index (χ0v) is 15.4. The molecule has 0 saturated carbocycles. The molecule has 2 heterocycles. The number of halogens is 1. The summed E-state index contributed by atoms with van der Waals surface area (Å²) < 4.78 is 20.6. The maximum Gasteiger partial charge on any atom is 0.244 e. The van der Waals surface area contributed by atoms with Gasteiger partial charge in [-0.2, -0.15) is 0 Å². The van der Waals surface area contributed by atoms with Crippen LogP contribution in [-0.4, -0.2) is 22.1 Å². The molecule has 5 nitrogen and oxygen atoms in total. The van der Waals surface area contributed by atoms with Gasteiger partial charge in [-0.25, -0.2) is 9.37 Å². The van der Waals surface area contributed by atoms with E-state index in [4.69, 9.17) is 4.74 Å². The average molecular weight is 377 g/mol. The number of hydrogen-bond acceptors (Lipinski definition) is 3. The number of imidazole rings is 1. The van der Waals surface area contributed by atoms with Gasteiger partial charge in [-0.3, -0.25) is 4.79 Å². The van der Waals surface area contributed by atoms with Crippen LogP contribution in [0.3, 0.4) is 0 Å². The van der Waals surface area contributed by atoms with E-state index in [1.54, 1.807) is 30.6 Å². The highest BCUT2D eigenvalue weighted by Crippen LogP contribution is 2.26. The van der Waals surface area contributed by atoms with Gasteiger partial charge in [0.1, 0.15) is 23.4 Å². The maximum atomic E-state index is 13.3. The van der Waals surface area contributed by atoms with Gasteiger partial charge in [0.05, 0.1) is 6.61 Å². The van der Waals surface area contributed by atoms with E-state index in [1.165, 1.54) is 18.2 Å². The number of fused-ring (bicyclic) bond motifs is 1. The molecule has 0 radical (unpaired) electrons. The molecule has 142 valence electrons. The molecular formula is C22H20FN3O2. The molecule has 1 aliphatic heterocycles. The molecule has 0 saturated heterocycles. The van der Waals surface area contributed by atoms with Gasteiger partial charge in [-0.15, -0.1) is 0 Å². The fourth-order valence-corrected chi connectivity index (χ4v) is 3.28. The third kappa shape index (κ3) is 3.81. The maximum absolute atomic E-state index is 13.3. The number of nitrogens with zero attached hydrogens (tertiary/aromatic N) is 2. The second-order valence-corrected chi connectivity index (χ2v) is 6.69. The summed E-state index contributed by atoms with van der Waals surface area (Å²) in [6.45, 7) is 0.700. The van der Waals surface area contributed by atoms with Gasteiger partial charge in [0.2, 0.25) is 5.91 Å². The highest BCUT2D eigenvalue weighted by atomic mass is 19.1. The predicted molar refractivity (Wildman–Crippen MR) is 104 cm³/mol. The van der Waals surface area contributed by atoms with Crippen LogP contribution in [0.4, 0.5) is 4.39 Å². The van der Waals surface area contributed by atoms with Gasteiger partial charge in [-0.1, -0.05) is 18.2 Å². The van der Waals surface area contributed by atoms with Crippen LogP contribution in [0.5, 0.6) is 5.75 Å². The van der Waals surface area contributed by atoms with Crippen molar-refractivity contribution in [2.24, 2.45) is 7.05 Å². The van der Waals surface area contributed by atoms with E-state index < -0.39 is 6.04 Å². The van der Waals surface area contributed by atoms with Gasteiger partial charge < -0.3 is 14.6 Å². The minimum absolute atomic E-state index is 0.255. The zero-order chi connectivity index (χ0) is 19.5. The molecule has 2 aromatic carbocycles. The summed E-state index contributed by atoms with van der Waals surface area (Å²) in [5, 5.41) is 2.96. The van der Waals surface area contributed by atoms with E-state index in [9.17, 15) is 9.18 Å². The number of hydrogen-bond donors (Lipinski definition) is 1. The van der Waals surface area contributed by atoms with Gasteiger partial charge in [0.15, 0.2) is 0 Å². The number of amides is 1. The fourth-order valence-electron chi connectivity index (χ4n) is 3.28. The van der Waals surface area contributed by atoms with Crippen LogP contribution in [0.25, 0.3) is 6.08 Å². The van der Waals surface area contributed by atoms with Gasteiger partial charge in [-0.05, 0) is 47.0 Å². The second kappa shape index (κ2) is 7.68. The van der Waals surface area contributed by atoms with Crippen molar-refractivity contribution in [3.05, 3.63) is 89.3 Å². The van der Waals surface area contributed by atoms with Gasteiger partial charge in [0.25, 0.3) is 0 Å². The number of benzene rings is 2. The largest absolute Gasteiger partial charge is 0.493 e. The van der Waals surface area contributed by atoms with Crippen molar-refractivity contribution in [1.29, 1.82) is 0 Å². The summed E-state index contributed by atoms with van der Waals surface area (Å²) in [5.74, 6) is 0.999. The SMILES string of the molecule is Cn1ccnc1C(NC(=O)/C=C/c1ccc2c(c1)CCO2)c1ccc(F)cc1. The summed E-state index contributed by atoms with van der Waals surface area (Å²) in [6.07, 6.45) is 7.63. The lowest BCUT2D eigenvalue weighted by molar-refractivity contribution is -0.117. The highest BCUT2D eigenvalue weighted by Gasteiger charge is 2.20. The number of aromatic nitrogens is 2. The number of carbonyl (C=O) groups is 1. The van der Waals surface area contributed by atoms with E-state index in [2.05, 4.69) is 10.3 Å². The molecule has 0 spiro atoms. The number of carbonyl (C=O) groups excluding carboxylic acids is 1. The van der Waals surface area contributed by atoms with Crippen LogP contribution in [0.1, 0.15) is 28.6 Å². The van der Waals surface area contributed by atoms with Gasteiger partial charge in [0, 0.05) is 31.9 Å². The highest BCUT2D eigenvalue weighted by molar-refractivity contribution is 5.92. The minimum atomic E-state index is -0.480. The van der Waals surface area contributed by atoms with E-state index in [0.29, 0.717) is 12.4 Å². The first-order valence-electron chi connectivity index (χ1n) is 9.07. The Labute approximate surface area is 162 Å². The molecule has 1 aromatic heterocycles. The number of nitrogens with one attached hydrogen (secondary N) is 1. The standard InChI is InChI=1S/C22H20FN3O2/c1-26-12-11-24-22(26)21(16-4-6-18(23)7-5-16)25-20(27)9-3-15-2-8-19-17(14-15)10-13-28-19/h2-9,11-12,14,21H,10,13H2,1H3,(H,25,27)/b9-3+. The quantitative estimate of drug-likeness (QED) is 0.694. The van der Waals surface area contributed by atoms with E-state index in [1.807, 2.05) is 29.8 Å². The van der Waals surface area contributed by atoms with Crippen LogP contribution in [0.2, 0.25) is 0 Å². The lowest BCUT2D eigenvalue weighted by Crippen LogP contribution is -2.29. The lowest BCUT2D eigenvalue weighted by atomic mass is 10.1. The van der Waals surface area contributed by atoms with Gasteiger partial charge >= 0.3 is 0 Å². The first kappa shape index (κ1) is 18.0. The monoisotopic (exact) mass is 377 g/mol.